The standard InChI is InChI=1S/C21H17F2N5O2/c22-16-4-2-15(3-5-16)21-26-20(30-27-21)8-7-19(29)25-12-14-1-6-18(17(23)11-14)28-10-9-24-13-28/h1-6,9-11,13H,7-8,12H2,(H,25,29). The molecule has 4 aromatic rings. The summed E-state index contributed by atoms with van der Waals surface area (Å²) in [4.78, 5) is 20.2. The van der Waals surface area contributed by atoms with E-state index in [1.165, 1.54) is 24.5 Å². The average Bonchev–Trinajstić information content (AvgIpc) is 3.44. The molecule has 0 radical (unpaired) electrons. The van der Waals surface area contributed by atoms with Gasteiger partial charge in [-0.3, -0.25) is 4.79 Å². The van der Waals surface area contributed by atoms with Crippen LogP contribution in [0.15, 0.2) is 65.7 Å². The Morgan fingerprint density at radius 2 is 1.97 bits per heavy atom. The predicted molar refractivity (Wildman–Crippen MR) is 103 cm³/mol. The number of aromatic nitrogens is 4. The van der Waals surface area contributed by atoms with Crippen LogP contribution < -0.4 is 5.32 Å². The Hall–Kier alpha value is -3.88. The number of aryl methyl sites for hydroxylation is 1. The topological polar surface area (TPSA) is 85.8 Å². The highest BCUT2D eigenvalue weighted by atomic mass is 19.1. The molecule has 9 heteroatoms. The molecule has 0 aliphatic heterocycles. The van der Waals surface area contributed by atoms with E-state index in [1.807, 2.05) is 0 Å². The smallest absolute Gasteiger partial charge is 0.227 e. The van der Waals surface area contributed by atoms with Crippen LogP contribution in [0, 0.1) is 11.6 Å². The van der Waals surface area contributed by atoms with Gasteiger partial charge in [-0.2, -0.15) is 4.98 Å². The summed E-state index contributed by atoms with van der Waals surface area (Å²) < 4.78 is 34.0. The molecule has 4 rings (SSSR count). The van der Waals surface area contributed by atoms with E-state index in [-0.39, 0.29) is 31.1 Å². The van der Waals surface area contributed by atoms with Crippen molar-refractivity contribution in [3.63, 3.8) is 0 Å². The minimum absolute atomic E-state index is 0.140. The van der Waals surface area contributed by atoms with Gasteiger partial charge in [0, 0.05) is 37.3 Å². The van der Waals surface area contributed by atoms with Crippen LogP contribution in [0.5, 0.6) is 0 Å². The second kappa shape index (κ2) is 8.64. The fourth-order valence-corrected chi connectivity index (χ4v) is 2.85. The lowest BCUT2D eigenvalue weighted by Gasteiger charge is -2.08. The maximum absolute atomic E-state index is 14.3. The van der Waals surface area contributed by atoms with Crippen molar-refractivity contribution in [1.82, 2.24) is 25.0 Å². The van der Waals surface area contributed by atoms with E-state index in [2.05, 4.69) is 20.4 Å². The SMILES string of the molecule is O=C(CCc1nc(-c2ccc(F)cc2)no1)NCc1ccc(-n2ccnc2)c(F)c1. The Morgan fingerprint density at radius 3 is 2.70 bits per heavy atom. The van der Waals surface area contributed by atoms with Crippen molar-refractivity contribution in [2.75, 3.05) is 0 Å². The molecule has 1 N–H and O–H groups in total. The van der Waals surface area contributed by atoms with Gasteiger partial charge < -0.3 is 14.4 Å². The van der Waals surface area contributed by atoms with Crippen LogP contribution in [0.3, 0.4) is 0 Å². The Labute approximate surface area is 170 Å². The average molecular weight is 409 g/mol. The van der Waals surface area contributed by atoms with Crippen LogP contribution >= 0.6 is 0 Å². The Morgan fingerprint density at radius 1 is 1.13 bits per heavy atom. The number of carbonyl (C=O) groups is 1. The highest BCUT2D eigenvalue weighted by Gasteiger charge is 2.11. The molecule has 0 atom stereocenters. The van der Waals surface area contributed by atoms with E-state index in [1.54, 1.807) is 41.2 Å². The predicted octanol–water partition coefficient (Wildman–Crippen LogP) is 3.45. The molecule has 0 spiro atoms. The molecule has 2 aromatic carbocycles. The number of hydrogen-bond acceptors (Lipinski definition) is 5. The van der Waals surface area contributed by atoms with Crippen molar-refractivity contribution in [2.45, 2.75) is 19.4 Å². The largest absolute Gasteiger partial charge is 0.352 e. The van der Waals surface area contributed by atoms with Gasteiger partial charge in [0.1, 0.15) is 11.6 Å². The fourth-order valence-electron chi connectivity index (χ4n) is 2.85. The number of carbonyl (C=O) groups excluding carboxylic acids is 1. The lowest BCUT2D eigenvalue weighted by molar-refractivity contribution is -0.121. The minimum atomic E-state index is -0.404. The number of benzene rings is 2. The first-order valence-corrected chi connectivity index (χ1v) is 9.20. The summed E-state index contributed by atoms with van der Waals surface area (Å²) in [6.45, 7) is 0.199. The van der Waals surface area contributed by atoms with Gasteiger partial charge in [-0.1, -0.05) is 11.2 Å². The van der Waals surface area contributed by atoms with Crippen LogP contribution in [0.2, 0.25) is 0 Å². The van der Waals surface area contributed by atoms with Crippen molar-refractivity contribution in [3.05, 3.63) is 84.3 Å². The molecule has 0 aliphatic rings. The van der Waals surface area contributed by atoms with Crippen molar-refractivity contribution >= 4 is 5.91 Å². The quantitative estimate of drug-likeness (QED) is 0.505. The van der Waals surface area contributed by atoms with E-state index in [0.29, 0.717) is 28.5 Å². The number of halogens is 2. The molecule has 0 aliphatic carbocycles. The summed E-state index contributed by atoms with van der Waals surface area (Å²) in [5.74, 6) is -0.344. The van der Waals surface area contributed by atoms with Crippen LogP contribution in [0.4, 0.5) is 8.78 Å². The summed E-state index contributed by atoms with van der Waals surface area (Å²) in [6.07, 6.45) is 5.13. The van der Waals surface area contributed by atoms with E-state index in [9.17, 15) is 13.6 Å². The third kappa shape index (κ3) is 4.57. The third-order valence-electron chi connectivity index (χ3n) is 4.42. The summed E-state index contributed by atoms with van der Waals surface area (Å²) in [5.41, 5.74) is 1.65. The number of nitrogens with zero attached hydrogens (tertiary/aromatic N) is 4. The number of amides is 1. The number of imidazole rings is 1. The van der Waals surface area contributed by atoms with Gasteiger partial charge in [-0.25, -0.2) is 13.8 Å². The van der Waals surface area contributed by atoms with Crippen molar-refractivity contribution in [3.8, 4) is 17.1 Å². The molecule has 30 heavy (non-hydrogen) atoms. The monoisotopic (exact) mass is 409 g/mol. The van der Waals surface area contributed by atoms with Crippen molar-refractivity contribution < 1.29 is 18.1 Å². The molecule has 0 fully saturated rings. The molecule has 1 amide bonds. The molecular formula is C21H17F2N5O2. The fraction of sp³-hybridized carbons (Fsp3) is 0.143. The van der Waals surface area contributed by atoms with Gasteiger partial charge in [0.2, 0.25) is 17.6 Å². The molecule has 2 aromatic heterocycles. The molecule has 0 saturated carbocycles. The van der Waals surface area contributed by atoms with Gasteiger partial charge in [-0.15, -0.1) is 0 Å². The zero-order valence-electron chi connectivity index (χ0n) is 15.8. The minimum Gasteiger partial charge on any atom is -0.352 e. The lowest BCUT2D eigenvalue weighted by atomic mass is 10.2. The number of hydrogen-bond donors (Lipinski definition) is 1. The third-order valence-corrected chi connectivity index (χ3v) is 4.42. The first kappa shape index (κ1) is 19.4. The normalized spacial score (nSPS) is 10.9. The molecule has 0 saturated heterocycles. The Kier molecular flexibility index (Phi) is 5.60. The van der Waals surface area contributed by atoms with E-state index < -0.39 is 5.82 Å². The van der Waals surface area contributed by atoms with Crippen molar-refractivity contribution in [2.24, 2.45) is 0 Å². The van der Waals surface area contributed by atoms with E-state index >= 15 is 0 Å². The number of nitrogens with one attached hydrogen (secondary N) is 1. The molecular weight excluding hydrogens is 392 g/mol. The van der Waals surface area contributed by atoms with Gasteiger partial charge in [0.15, 0.2) is 0 Å². The molecule has 0 bridgehead atoms. The second-order valence-electron chi connectivity index (χ2n) is 6.55. The first-order chi connectivity index (χ1) is 14.6. The molecule has 2 heterocycles. The maximum Gasteiger partial charge on any atom is 0.227 e. The van der Waals surface area contributed by atoms with Gasteiger partial charge in [0.05, 0.1) is 12.0 Å². The number of rotatable bonds is 7. The van der Waals surface area contributed by atoms with E-state index in [4.69, 9.17) is 4.52 Å². The van der Waals surface area contributed by atoms with Gasteiger partial charge in [0.25, 0.3) is 0 Å². The van der Waals surface area contributed by atoms with Crippen LogP contribution in [0.25, 0.3) is 17.1 Å². The Balaban J connectivity index is 1.28. The lowest BCUT2D eigenvalue weighted by Crippen LogP contribution is -2.23. The van der Waals surface area contributed by atoms with Crippen molar-refractivity contribution in [1.29, 1.82) is 0 Å². The molecule has 7 nitrogen and oxygen atoms in total. The second-order valence-corrected chi connectivity index (χ2v) is 6.55. The van der Waals surface area contributed by atoms with Crippen LogP contribution in [-0.2, 0) is 17.8 Å². The Bertz CT molecular complexity index is 1140. The highest BCUT2D eigenvalue weighted by Crippen LogP contribution is 2.17. The van der Waals surface area contributed by atoms with Gasteiger partial charge >= 0.3 is 0 Å². The molecule has 0 unspecified atom stereocenters. The highest BCUT2D eigenvalue weighted by molar-refractivity contribution is 5.76. The van der Waals surface area contributed by atoms with Crippen LogP contribution in [0.1, 0.15) is 17.9 Å². The molecule has 152 valence electrons. The maximum atomic E-state index is 14.3. The van der Waals surface area contributed by atoms with Gasteiger partial charge in [-0.05, 0) is 42.0 Å². The van der Waals surface area contributed by atoms with Crippen LogP contribution in [-0.4, -0.2) is 25.6 Å². The zero-order valence-corrected chi connectivity index (χ0v) is 15.8. The summed E-state index contributed by atoms with van der Waals surface area (Å²) in [7, 11) is 0. The van der Waals surface area contributed by atoms with E-state index in [0.717, 1.165) is 0 Å². The first-order valence-electron chi connectivity index (χ1n) is 9.20. The zero-order chi connectivity index (χ0) is 20.9. The summed E-state index contributed by atoms with van der Waals surface area (Å²) in [5, 5.41) is 6.58. The summed E-state index contributed by atoms with van der Waals surface area (Å²) >= 11 is 0. The summed E-state index contributed by atoms with van der Waals surface area (Å²) in [6, 6.07) is 10.5.